The minimum atomic E-state index is 0.373. The van der Waals surface area contributed by atoms with E-state index in [1.807, 2.05) is 25.4 Å². The van der Waals surface area contributed by atoms with Gasteiger partial charge in [0.05, 0.1) is 5.69 Å². The van der Waals surface area contributed by atoms with Crippen LogP contribution in [0.1, 0.15) is 24.2 Å². The quantitative estimate of drug-likeness (QED) is 0.846. The molecule has 2 unspecified atom stereocenters. The smallest absolute Gasteiger partial charge is 0.0543 e. The number of hydrogen-bond acceptors (Lipinski definition) is 3. The molecule has 0 saturated carbocycles. The molecule has 1 aromatic heterocycles. The minimum Gasteiger partial charge on any atom is -0.313 e. The molecule has 112 valence electrons. The topological polar surface area (TPSA) is 28.2 Å². The molecule has 2 atom stereocenters. The van der Waals surface area contributed by atoms with Gasteiger partial charge >= 0.3 is 0 Å². The lowest BCUT2D eigenvalue weighted by atomic mass is 9.94. The van der Waals surface area contributed by atoms with Crippen molar-refractivity contribution in [3.05, 3.63) is 66.0 Å². The van der Waals surface area contributed by atoms with E-state index in [2.05, 4.69) is 65.6 Å². The summed E-state index contributed by atoms with van der Waals surface area (Å²) in [5.41, 5.74) is 2.46. The molecule has 0 fully saturated rings. The zero-order valence-electron chi connectivity index (χ0n) is 13.2. The van der Waals surface area contributed by atoms with E-state index < -0.39 is 0 Å². The van der Waals surface area contributed by atoms with Gasteiger partial charge in [0.2, 0.25) is 0 Å². The standard InChI is InChI=1S/C18H25N3/c1-15(18(19-2)16-9-5-4-6-10-16)13-21(3)14-17-11-7-8-12-20-17/h4-12,15,18-19H,13-14H2,1-3H3. The van der Waals surface area contributed by atoms with Gasteiger partial charge in [-0.15, -0.1) is 0 Å². The Morgan fingerprint density at radius 1 is 1.10 bits per heavy atom. The molecule has 1 heterocycles. The summed E-state index contributed by atoms with van der Waals surface area (Å²) in [5, 5.41) is 3.45. The molecule has 1 N–H and O–H groups in total. The Hall–Kier alpha value is -1.71. The summed E-state index contributed by atoms with van der Waals surface area (Å²) in [5.74, 6) is 0.520. The Morgan fingerprint density at radius 3 is 2.43 bits per heavy atom. The van der Waals surface area contributed by atoms with Crippen LogP contribution in [0.4, 0.5) is 0 Å². The summed E-state index contributed by atoms with van der Waals surface area (Å²) in [7, 11) is 4.19. The molecule has 21 heavy (non-hydrogen) atoms. The average molecular weight is 283 g/mol. The van der Waals surface area contributed by atoms with Crippen LogP contribution < -0.4 is 5.32 Å². The third kappa shape index (κ3) is 4.66. The largest absolute Gasteiger partial charge is 0.313 e. The molecule has 2 rings (SSSR count). The third-order valence-corrected chi connectivity index (χ3v) is 3.80. The van der Waals surface area contributed by atoms with E-state index in [9.17, 15) is 0 Å². The van der Waals surface area contributed by atoms with E-state index in [0.717, 1.165) is 18.8 Å². The minimum absolute atomic E-state index is 0.373. The fourth-order valence-electron chi connectivity index (χ4n) is 2.87. The molecular weight excluding hydrogens is 258 g/mol. The molecule has 3 nitrogen and oxygen atoms in total. The Bertz CT molecular complexity index is 513. The molecule has 3 heteroatoms. The lowest BCUT2D eigenvalue weighted by Gasteiger charge is -2.28. The van der Waals surface area contributed by atoms with Gasteiger partial charge in [-0.2, -0.15) is 0 Å². The maximum absolute atomic E-state index is 4.39. The normalized spacial score (nSPS) is 14.1. The van der Waals surface area contributed by atoms with Gasteiger partial charge in [0.25, 0.3) is 0 Å². The van der Waals surface area contributed by atoms with Crippen molar-refractivity contribution in [1.29, 1.82) is 0 Å². The second-order valence-corrected chi connectivity index (χ2v) is 5.67. The van der Waals surface area contributed by atoms with E-state index in [0.29, 0.717) is 12.0 Å². The Kier molecular flexibility index (Phi) is 5.90. The summed E-state index contributed by atoms with van der Waals surface area (Å²) in [6.45, 7) is 4.20. The first-order valence-corrected chi connectivity index (χ1v) is 7.51. The molecule has 0 aliphatic heterocycles. The number of nitrogens with one attached hydrogen (secondary N) is 1. The number of pyridine rings is 1. The first kappa shape index (κ1) is 15.7. The zero-order chi connectivity index (χ0) is 15.1. The molecule has 0 amide bonds. The maximum atomic E-state index is 4.39. The van der Waals surface area contributed by atoms with Crippen molar-refractivity contribution in [2.75, 3.05) is 20.6 Å². The van der Waals surface area contributed by atoms with E-state index in [4.69, 9.17) is 0 Å². The van der Waals surface area contributed by atoms with Crippen LogP contribution in [-0.4, -0.2) is 30.5 Å². The van der Waals surface area contributed by atoms with Crippen LogP contribution in [-0.2, 0) is 6.54 Å². The fraction of sp³-hybridized carbons (Fsp3) is 0.389. The third-order valence-electron chi connectivity index (χ3n) is 3.80. The van der Waals surface area contributed by atoms with E-state index in [1.165, 1.54) is 5.56 Å². The molecule has 0 bridgehead atoms. The number of rotatable bonds is 7. The van der Waals surface area contributed by atoms with Crippen LogP contribution in [0.3, 0.4) is 0 Å². The van der Waals surface area contributed by atoms with Gasteiger partial charge in [-0.3, -0.25) is 4.98 Å². The molecule has 0 radical (unpaired) electrons. The Labute approximate surface area is 128 Å². The fourth-order valence-corrected chi connectivity index (χ4v) is 2.87. The van der Waals surface area contributed by atoms with E-state index in [-0.39, 0.29) is 0 Å². The van der Waals surface area contributed by atoms with Crippen LogP contribution in [0.15, 0.2) is 54.7 Å². The van der Waals surface area contributed by atoms with Crippen molar-refractivity contribution < 1.29 is 0 Å². The molecule has 0 aliphatic carbocycles. The average Bonchev–Trinajstić information content (AvgIpc) is 2.50. The van der Waals surface area contributed by atoms with Crippen molar-refractivity contribution in [3.8, 4) is 0 Å². The van der Waals surface area contributed by atoms with Crippen molar-refractivity contribution in [2.45, 2.75) is 19.5 Å². The van der Waals surface area contributed by atoms with Crippen LogP contribution >= 0.6 is 0 Å². The lowest BCUT2D eigenvalue weighted by Crippen LogP contribution is -2.32. The molecule has 0 saturated heterocycles. The highest BCUT2D eigenvalue weighted by Gasteiger charge is 2.18. The van der Waals surface area contributed by atoms with Crippen molar-refractivity contribution in [1.82, 2.24) is 15.2 Å². The molecular formula is C18H25N3. The summed E-state index contributed by atoms with van der Waals surface area (Å²) in [4.78, 5) is 6.73. The number of benzene rings is 1. The SMILES string of the molecule is CNC(c1ccccc1)C(C)CN(C)Cc1ccccn1. The highest BCUT2D eigenvalue weighted by molar-refractivity contribution is 5.19. The predicted octanol–water partition coefficient (Wildman–Crippen LogP) is 3.11. The van der Waals surface area contributed by atoms with Crippen LogP contribution in [0.2, 0.25) is 0 Å². The summed E-state index contributed by atoms with van der Waals surface area (Å²) in [6, 6.07) is 17.1. The lowest BCUT2D eigenvalue weighted by molar-refractivity contribution is 0.243. The monoisotopic (exact) mass is 283 g/mol. The number of aromatic nitrogens is 1. The number of nitrogens with zero attached hydrogens (tertiary/aromatic N) is 2. The Balaban J connectivity index is 1.94. The maximum Gasteiger partial charge on any atom is 0.0543 e. The van der Waals surface area contributed by atoms with Gasteiger partial charge in [0, 0.05) is 25.3 Å². The van der Waals surface area contributed by atoms with Crippen molar-refractivity contribution in [2.24, 2.45) is 5.92 Å². The summed E-state index contributed by atoms with van der Waals surface area (Å²) >= 11 is 0. The highest BCUT2D eigenvalue weighted by Crippen LogP contribution is 2.22. The highest BCUT2D eigenvalue weighted by atomic mass is 15.1. The van der Waals surface area contributed by atoms with Gasteiger partial charge in [-0.25, -0.2) is 0 Å². The van der Waals surface area contributed by atoms with Crippen LogP contribution in [0, 0.1) is 5.92 Å². The first-order chi connectivity index (χ1) is 10.2. The van der Waals surface area contributed by atoms with E-state index >= 15 is 0 Å². The van der Waals surface area contributed by atoms with Gasteiger partial charge in [-0.1, -0.05) is 43.3 Å². The number of hydrogen-bond donors (Lipinski definition) is 1. The van der Waals surface area contributed by atoms with Gasteiger partial charge in [-0.05, 0) is 37.7 Å². The Morgan fingerprint density at radius 2 is 1.81 bits per heavy atom. The van der Waals surface area contributed by atoms with Crippen molar-refractivity contribution >= 4 is 0 Å². The van der Waals surface area contributed by atoms with Crippen molar-refractivity contribution in [3.63, 3.8) is 0 Å². The van der Waals surface area contributed by atoms with Gasteiger partial charge in [0.15, 0.2) is 0 Å². The first-order valence-electron chi connectivity index (χ1n) is 7.51. The second kappa shape index (κ2) is 7.91. The summed E-state index contributed by atoms with van der Waals surface area (Å²) < 4.78 is 0. The van der Waals surface area contributed by atoms with Crippen LogP contribution in [0.5, 0.6) is 0 Å². The second-order valence-electron chi connectivity index (χ2n) is 5.67. The van der Waals surface area contributed by atoms with E-state index in [1.54, 1.807) is 0 Å². The zero-order valence-corrected chi connectivity index (χ0v) is 13.2. The predicted molar refractivity (Wildman–Crippen MR) is 88.0 cm³/mol. The van der Waals surface area contributed by atoms with Gasteiger partial charge < -0.3 is 10.2 Å². The molecule has 1 aromatic carbocycles. The van der Waals surface area contributed by atoms with Crippen LogP contribution in [0.25, 0.3) is 0 Å². The van der Waals surface area contributed by atoms with Gasteiger partial charge in [0.1, 0.15) is 0 Å². The molecule has 2 aromatic rings. The molecule has 0 aliphatic rings. The summed E-state index contributed by atoms with van der Waals surface area (Å²) in [6.07, 6.45) is 1.85. The molecule has 0 spiro atoms.